The molecule has 0 aliphatic rings. The molecule has 2 aromatic rings. The zero-order valence-corrected chi connectivity index (χ0v) is 10.5. The van der Waals surface area contributed by atoms with E-state index in [0.29, 0.717) is 0 Å². The maximum Gasteiger partial charge on any atom is 0.0492 e. The summed E-state index contributed by atoms with van der Waals surface area (Å²) in [5.74, 6) is 0. The van der Waals surface area contributed by atoms with E-state index in [1.54, 1.807) is 11.3 Å². The zero-order valence-electron chi connectivity index (χ0n) is 9.68. The molecule has 2 aromatic heterocycles. The maximum atomic E-state index is 6.19. The minimum atomic E-state index is 0.148. The molecule has 86 valence electrons. The Morgan fingerprint density at radius 1 is 1.50 bits per heavy atom. The molecule has 2 rings (SSSR count). The van der Waals surface area contributed by atoms with Crippen LogP contribution in [0.25, 0.3) is 0 Å². The first-order valence-electron chi connectivity index (χ1n) is 5.45. The first-order chi connectivity index (χ1) is 7.68. The molecule has 16 heavy (non-hydrogen) atoms. The molecule has 0 aliphatic heterocycles. The number of aromatic nitrogens is 2. The van der Waals surface area contributed by atoms with Crippen molar-refractivity contribution in [2.75, 3.05) is 0 Å². The fourth-order valence-electron chi connectivity index (χ4n) is 1.85. The molecule has 1 unspecified atom stereocenters. The first kappa shape index (κ1) is 11.4. The van der Waals surface area contributed by atoms with Crippen LogP contribution in [-0.4, -0.2) is 9.78 Å². The Morgan fingerprint density at radius 2 is 2.31 bits per heavy atom. The standard InChI is InChI=1S/C12H17N3S/c1-9-6-8-16-12(9)11(13)4-3-10-5-7-14-15(10)2/h5-8,11H,3-4,13H2,1-2H3. The zero-order chi connectivity index (χ0) is 11.5. The van der Waals surface area contributed by atoms with Gasteiger partial charge in [-0.15, -0.1) is 11.3 Å². The molecule has 0 saturated heterocycles. The summed E-state index contributed by atoms with van der Waals surface area (Å²) in [5, 5.41) is 6.26. The Hall–Kier alpha value is -1.13. The lowest BCUT2D eigenvalue weighted by atomic mass is 10.1. The van der Waals surface area contributed by atoms with Crippen molar-refractivity contribution in [2.45, 2.75) is 25.8 Å². The van der Waals surface area contributed by atoms with Gasteiger partial charge < -0.3 is 5.73 Å². The molecule has 1 atom stereocenters. The summed E-state index contributed by atoms with van der Waals surface area (Å²) in [7, 11) is 1.97. The van der Waals surface area contributed by atoms with Gasteiger partial charge >= 0.3 is 0 Å². The van der Waals surface area contributed by atoms with Gasteiger partial charge in [0.25, 0.3) is 0 Å². The lowest BCUT2D eigenvalue weighted by Crippen LogP contribution is -2.12. The highest BCUT2D eigenvalue weighted by atomic mass is 32.1. The average molecular weight is 235 g/mol. The molecule has 0 aromatic carbocycles. The number of thiophene rings is 1. The smallest absolute Gasteiger partial charge is 0.0492 e. The fourth-order valence-corrected chi connectivity index (χ4v) is 2.81. The lowest BCUT2D eigenvalue weighted by Gasteiger charge is -2.11. The molecular weight excluding hydrogens is 218 g/mol. The molecule has 0 aliphatic carbocycles. The van der Waals surface area contributed by atoms with Crippen LogP contribution in [0, 0.1) is 6.92 Å². The van der Waals surface area contributed by atoms with E-state index >= 15 is 0 Å². The monoisotopic (exact) mass is 235 g/mol. The molecule has 0 bridgehead atoms. The van der Waals surface area contributed by atoms with Crippen molar-refractivity contribution < 1.29 is 0 Å². The molecule has 0 saturated carbocycles. The molecule has 3 nitrogen and oxygen atoms in total. The van der Waals surface area contributed by atoms with Crippen LogP contribution in [0.15, 0.2) is 23.7 Å². The third-order valence-electron chi connectivity index (χ3n) is 2.87. The Morgan fingerprint density at radius 3 is 2.88 bits per heavy atom. The summed E-state index contributed by atoms with van der Waals surface area (Å²) in [4.78, 5) is 1.31. The van der Waals surface area contributed by atoms with Crippen molar-refractivity contribution in [3.63, 3.8) is 0 Å². The van der Waals surface area contributed by atoms with Crippen molar-refractivity contribution in [3.05, 3.63) is 39.8 Å². The topological polar surface area (TPSA) is 43.8 Å². The van der Waals surface area contributed by atoms with E-state index in [0.717, 1.165) is 12.8 Å². The second-order valence-electron chi connectivity index (χ2n) is 4.06. The van der Waals surface area contributed by atoms with Gasteiger partial charge in [-0.25, -0.2) is 0 Å². The van der Waals surface area contributed by atoms with Crippen LogP contribution in [0.1, 0.15) is 28.6 Å². The summed E-state index contributed by atoms with van der Waals surface area (Å²) in [5.41, 5.74) is 8.74. The highest BCUT2D eigenvalue weighted by Gasteiger charge is 2.11. The quantitative estimate of drug-likeness (QED) is 0.884. The Bertz CT molecular complexity index is 458. The van der Waals surface area contributed by atoms with Gasteiger partial charge in [-0.2, -0.15) is 5.10 Å². The van der Waals surface area contributed by atoms with Gasteiger partial charge in [0, 0.05) is 29.9 Å². The van der Waals surface area contributed by atoms with E-state index in [1.807, 2.05) is 24.0 Å². The molecule has 0 spiro atoms. The molecule has 0 fully saturated rings. The fraction of sp³-hybridized carbons (Fsp3) is 0.417. The highest BCUT2D eigenvalue weighted by Crippen LogP contribution is 2.25. The summed E-state index contributed by atoms with van der Waals surface area (Å²) in [6.07, 6.45) is 3.78. The molecule has 0 amide bonds. The molecule has 4 heteroatoms. The number of nitrogens with two attached hydrogens (primary N) is 1. The van der Waals surface area contributed by atoms with Crippen LogP contribution in [0.4, 0.5) is 0 Å². The van der Waals surface area contributed by atoms with Crippen LogP contribution in [0.3, 0.4) is 0 Å². The van der Waals surface area contributed by atoms with Gasteiger partial charge in [-0.3, -0.25) is 4.68 Å². The van der Waals surface area contributed by atoms with Crippen molar-refractivity contribution in [1.29, 1.82) is 0 Å². The lowest BCUT2D eigenvalue weighted by molar-refractivity contribution is 0.619. The summed E-state index contributed by atoms with van der Waals surface area (Å²) >= 11 is 1.75. The Kier molecular flexibility index (Phi) is 3.41. The minimum Gasteiger partial charge on any atom is -0.323 e. The van der Waals surface area contributed by atoms with E-state index < -0.39 is 0 Å². The van der Waals surface area contributed by atoms with E-state index in [1.165, 1.54) is 16.1 Å². The van der Waals surface area contributed by atoms with Crippen LogP contribution in [0.5, 0.6) is 0 Å². The third-order valence-corrected chi connectivity index (χ3v) is 4.02. The van der Waals surface area contributed by atoms with Gasteiger partial charge in [0.05, 0.1) is 0 Å². The molecule has 0 radical (unpaired) electrons. The van der Waals surface area contributed by atoms with Crippen molar-refractivity contribution in [3.8, 4) is 0 Å². The van der Waals surface area contributed by atoms with Gasteiger partial charge in [0.1, 0.15) is 0 Å². The normalized spacial score (nSPS) is 12.9. The largest absolute Gasteiger partial charge is 0.323 e. The molecule has 2 heterocycles. The SMILES string of the molecule is Cc1ccsc1C(N)CCc1ccnn1C. The van der Waals surface area contributed by atoms with Gasteiger partial charge in [0.15, 0.2) is 0 Å². The summed E-state index contributed by atoms with van der Waals surface area (Å²) < 4.78 is 1.91. The summed E-state index contributed by atoms with van der Waals surface area (Å²) in [6.45, 7) is 2.12. The predicted molar refractivity (Wildman–Crippen MR) is 67.5 cm³/mol. The number of rotatable bonds is 4. The molecular formula is C12H17N3S. The van der Waals surface area contributed by atoms with E-state index in [4.69, 9.17) is 5.73 Å². The van der Waals surface area contributed by atoms with Crippen LogP contribution >= 0.6 is 11.3 Å². The van der Waals surface area contributed by atoms with E-state index in [9.17, 15) is 0 Å². The molecule has 2 N–H and O–H groups in total. The Balaban J connectivity index is 1.97. The minimum absolute atomic E-state index is 0.148. The highest BCUT2D eigenvalue weighted by molar-refractivity contribution is 7.10. The first-order valence-corrected chi connectivity index (χ1v) is 6.33. The van der Waals surface area contributed by atoms with E-state index in [2.05, 4.69) is 23.5 Å². The maximum absolute atomic E-state index is 6.19. The Labute approximate surface area is 99.9 Å². The van der Waals surface area contributed by atoms with Crippen molar-refractivity contribution >= 4 is 11.3 Å². The van der Waals surface area contributed by atoms with Crippen LogP contribution in [-0.2, 0) is 13.5 Å². The second kappa shape index (κ2) is 4.80. The van der Waals surface area contributed by atoms with Crippen molar-refractivity contribution in [1.82, 2.24) is 9.78 Å². The number of hydrogen-bond acceptors (Lipinski definition) is 3. The summed E-state index contributed by atoms with van der Waals surface area (Å²) in [6, 6.07) is 4.33. The average Bonchev–Trinajstić information content (AvgIpc) is 2.84. The van der Waals surface area contributed by atoms with Gasteiger partial charge in [-0.1, -0.05) is 0 Å². The van der Waals surface area contributed by atoms with Crippen molar-refractivity contribution in [2.24, 2.45) is 12.8 Å². The van der Waals surface area contributed by atoms with Gasteiger partial charge in [-0.05, 0) is 42.8 Å². The number of aryl methyl sites for hydroxylation is 3. The van der Waals surface area contributed by atoms with Gasteiger partial charge in [0.2, 0.25) is 0 Å². The van der Waals surface area contributed by atoms with Crippen LogP contribution in [0.2, 0.25) is 0 Å². The van der Waals surface area contributed by atoms with E-state index in [-0.39, 0.29) is 6.04 Å². The second-order valence-corrected chi connectivity index (χ2v) is 5.01. The predicted octanol–water partition coefficient (Wildman–Crippen LogP) is 2.42. The van der Waals surface area contributed by atoms with Crippen LogP contribution < -0.4 is 5.73 Å². The number of hydrogen-bond donors (Lipinski definition) is 1. The number of nitrogens with zero attached hydrogens (tertiary/aromatic N) is 2. The third kappa shape index (κ3) is 2.33.